The van der Waals surface area contributed by atoms with Crippen LogP contribution in [-0.2, 0) is 4.79 Å². The summed E-state index contributed by atoms with van der Waals surface area (Å²) in [6.07, 6.45) is 1.11. The monoisotopic (exact) mass is 256 g/mol. The van der Waals surface area contributed by atoms with Gasteiger partial charge in [-0.05, 0) is 39.3 Å². The van der Waals surface area contributed by atoms with E-state index in [2.05, 4.69) is 22.3 Å². The number of amidine groups is 1. The molecule has 0 aromatic rings. The molecule has 1 unspecified atom stereocenters. The average molecular weight is 256 g/mol. The van der Waals surface area contributed by atoms with E-state index < -0.39 is 5.41 Å². The number of hydrogen-bond acceptors (Lipinski definition) is 4. The summed E-state index contributed by atoms with van der Waals surface area (Å²) in [6, 6.07) is 0. The number of nitrogens with zero attached hydrogens (tertiary/aromatic N) is 2. The van der Waals surface area contributed by atoms with Crippen molar-refractivity contribution in [2.75, 3.05) is 26.2 Å². The predicted molar refractivity (Wildman–Crippen MR) is 70.4 cm³/mol. The highest BCUT2D eigenvalue weighted by molar-refractivity contribution is 6.05. The third-order valence-corrected chi connectivity index (χ3v) is 3.68. The van der Waals surface area contributed by atoms with Gasteiger partial charge in [0.05, 0.1) is 0 Å². The maximum atomic E-state index is 12.0. The number of carbonyl (C=O) groups is 1. The van der Waals surface area contributed by atoms with Crippen LogP contribution in [0.25, 0.3) is 0 Å². The highest BCUT2D eigenvalue weighted by Crippen LogP contribution is 2.17. The fourth-order valence-electron chi connectivity index (χ4n) is 2.07. The summed E-state index contributed by atoms with van der Waals surface area (Å²) >= 11 is 0. The SMILES string of the molecule is CCN1CCC(CNC(=O)C(C)(C)C(N)=NO)C1. The molecule has 1 rings (SSSR count). The molecule has 0 aromatic heterocycles. The molecule has 0 radical (unpaired) electrons. The van der Waals surface area contributed by atoms with Gasteiger partial charge in [0.25, 0.3) is 0 Å². The number of nitrogens with one attached hydrogen (secondary N) is 1. The standard InChI is InChI=1S/C12H24N4O2/c1-4-16-6-5-9(8-16)7-14-11(17)12(2,3)10(13)15-18/h9,18H,4-8H2,1-3H3,(H2,13,15)(H,14,17). The Morgan fingerprint density at radius 2 is 2.28 bits per heavy atom. The number of carbonyl (C=O) groups excluding carboxylic acids is 1. The molecule has 0 aromatic carbocycles. The second-order valence-corrected chi connectivity index (χ2v) is 5.37. The van der Waals surface area contributed by atoms with Crippen LogP contribution >= 0.6 is 0 Å². The molecule has 6 heteroatoms. The Bertz CT molecular complexity index is 328. The maximum absolute atomic E-state index is 12.0. The number of hydrogen-bond donors (Lipinski definition) is 3. The molecular weight excluding hydrogens is 232 g/mol. The van der Waals surface area contributed by atoms with Gasteiger partial charge in [-0.2, -0.15) is 0 Å². The first-order valence-corrected chi connectivity index (χ1v) is 6.40. The van der Waals surface area contributed by atoms with Crippen molar-refractivity contribution >= 4 is 11.7 Å². The first-order chi connectivity index (χ1) is 8.41. The first-order valence-electron chi connectivity index (χ1n) is 6.40. The average Bonchev–Trinajstić information content (AvgIpc) is 2.82. The lowest BCUT2D eigenvalue weighted by molar-refractivity contribution is -0.126. The zero-order valence-corrected chi connectivity index (χ0v) is 11.4. The summed E-state index contributed by atoms with van der Waals surface area (Å²) in [6.45, 7) is 9.26. The van der Waals surface area contributed by atoms with Crippen LogP contribution in [0.2, 0.25) is 0 Å². The van der Waals surface area contributed by atoms with Crippen LogP contribution in [0.3, 0.4) is 0 Å². The van der Waals surface area contributed by atoms with Crippen molar-refractivity contribution in [3.8, 4) is 0 Å². The molecular formula is C12H24N4O2. The Morgan fingerprint density at radius 1 is 1.61 bits per heavy atom. The summed E-state index contributed by atoms with van der Waals surface area (Å²) in [5, 5.41) is 14.4. The van der Waals surface area contributed by atoms with E-state index in [-0.39, 0.29) is 11.7 Å². The molecule has 1 amide bonds. The number of likely N-dealkylation sites (tertiary alicyclic amines) is 1. The second-order valence-electron chi connectivity index (χ2n) is 5.37. The molecule has 0 spiro atoms. The lowest BCUT2D eigenvalue weighted by atomic mass is 9.90. The van der Waals surface area contributed by atoms with Crippen LogP contribution in [0.1, 0.15) is 27.2 Å². The zero-order chi connectivity index (χ0) is 13.8. The third kappa shape index (κ3) is 3.35. The summed E-state index contributed by atoms with van der Waals surface area (Å²) < 4.78 is 0. The Balaban J connectivity index is 2.42. The van der Waals surface area contributed by atoms with Gasteiger partial charge in [-0.1, -0.05) is 12.1 Å². The number of oxime groups is 1. The number of nitrogens with two attached hydrogens (primary N) is 1. The fourth-order valence-corrected chi connectivity index (χ4v) is 2.07. The Labute approximate surface area is 108 Å². The first kappa shape index (κ1) is 14.8. The minimum atomic E-state index is -0.974. The van der Waals surface area contributed by atoms with Gasteiger partial charge in [0, 0.05) is 13.1 Å². The summed E-state index contributed by atoms with van der Waals surface area (Å²) in [5.74, 6) is 0.228. The molecule has 1 fully saturated rings. The van der Waals surface area contributed by atoms with Gasteiger partial charge in [0.2, 0.25) is 5.91 Å². The van der Waals surface area contributed by atoms with Crippen molar-refractivity contribution in [1.82, 2.24) is 10.2 Å². The molecule has 1 aliphatic heterocycles. The normalized spacial score (nSPS) is 22.2. The molecule has 1 atom stereocenters. The van der Waals surface area contributed by atoms with Crippen molar-refractivity contribution in [3.63, 3.8) is 0 Å². The van der Waals surface area contributed by atoms with Gasteiger partial charge in [-0.15, -0.1) is 0 Å². The number of rotatable bonds is 5. The van der Waals surface area contributed by atoms with E-state index in [1.807, 2.05) is 0 Å². The highest BCUT2D eigenvalue weighted by Gasteiger charge is 2.33. The van der Waals surface area contributed by atoms with Gasteiger partial charge in [-0.3, -0.25) is 4.79 Å². The highest BCUT2D eigenvalue weighted by atomic mass is 16.4. The van der Waals surface area contributed by atoms with E-state index in [1.54, 1.807) is 13.8 Å². The van der Waals surface area contributed by atoms with E-state index in [0.29, 0.717) is 12.5 Å². The molecule has 0 aliphatic carbocycles. The molecule has 0 saturated carbocycles. The van der Waals surface area contributed by atoms with Crippen molar-refractivity contribution in [2.24, 2.45) is 22.2 Å². The summed E-state index contributed by atoms with van der Waals surface area (Å²) in [5.41, 5.74) is 4.54. The van der Waals surface area contributed by atoms with Gasteiger partial charge in [0.1, 0.15) is 5.41 Å². The quantitative estimate of drug-likeness (QED) is 0.284. The van der Waals surface area contributed by atoms with Gasteiger partial charge >= 0.3 is 0 Å². The molecule has 104 valence electrons. The van der Waals surface area contributed by atoms with Gasteiger partial charge in [0.15, 0.2) is 5.84 Å². The Morgan fingerprint density at radius 3 is 2.78 bits per heavy atom. The van der Waals surface area contributed by atoms with Crippen molar-refractivity contribution in [2.45, 2.75) is 27.2 Å². The van der Waals surface area contributed by atoms with Crippen LogP contribution in [0.5, 0.6) is 0 Å². The van der Waals surface area contributed by atoms with E-state index in [0.717, 1.165) is 26.1 Å². The van der Waals surface area contributed by atoms with Crippen molar-refractivity contribution in [3.05, 3.63) is 0 Å². The molecule has 1 aliphatic rings. The van der Waals surface area contributed by atoms with Gasteiger partial charge in [-0.25, -0.2) is 0 Å². The minimum Gasteiger partial charge on any atom is -0.409 e. The summed E-state index contributed by atoms with van der Waals surface area (Å²) in [4.78, 5) is 14.3. The molecule has 4 N–H and O–H groups in total. The van der Waals surface area contributed by atoms with Crippen molar-refractivity contribution < 1.29 is 10.0 Å². The molecule has 1 heterocycles. The third-order valence-electron chi connectivity index (χ3n) is 3.68. The fraction of sp³-hybridized carbons (Fsp3) is 0.833. The molecule has 6 nitrogen and oxygen atoms in total. The zero-order valence-electron chi connectivity index (χ0n) is 11.4. The number of amides is 1. The molecule has 1 saturated heterocycles. The summed E-state index contributed by atoms with van der Waals surface area (Å²) in [7, 11) is 0. The van der Waals surface area contributed by atoms with Gasteiger partial charge < -0.3 is 21.2 Å². The van der Waals surface area contributed by atoms with Crippen molar-refractivity contribution in [1.29, 1.82) is 0 Å². The van der Waals surface area contributed by atoms with Crippen LogP contribution in [0.15, 0.2) is 5.16 Å². The van der Waals surface area contributed by atoms with Crippen LogP contribution in [0.4, 0.5) is 0 Å². The lowest BCUT2D eigenvalue weighted by Crippen LogP contribution is -2.47. The minimum absolute atomic E-state index is 0.0680. The molecule has 18 heavy (non-hydrogen) atoms. The smallest absolute Gasteiger partial charge is 0.233 e. The Kier molecular flexibility index (Phi) is 4.95. The maximum Gasteiger partial charge on any atom is 0.233 e. The van der Waals surface area contributed by atoms with Crippen LogP contribution in [-0.4, -0.2) is 48.0 Å². The van der Waals surface area contributed by atoms with Crippen LogP contribution < -0.4 is 11.1 Å². The van der Waals surface area contributed by atoms with E-state index in [1.165, 1.54) is 0 Å². The predicted octanol–water partition coefficient (Wildman–Crippen LogP) is 0.217. The lowest BCUT2D eigenvalue weighted by Gasteiger charge is -2.23. The largest absolute Gasteiger partial charge is 0.409 e. The second kappa shape index (κ2) is 6.04. The molecule has 0 bridgehead atoms. The van der Waals surface area contributed by atoms with E-state index in [9.17, 15) is 4.79 Å². The van der Waals surface area contributed by atoms with Crippen LogP contribution in [0, 0.1) is 11.3 Å². The van der Waals surface area contributed by atoms with E-state index in [4.69, 9.17) is 10.9 Å². The van der Waals surface area contributed by atoms with E-state index >= 15 is 0 Å². The Hall–Kier alpha value is -1.30. The topological polar surface area (TPSA) is 91.0 Å².